The maximum Gasteiger partial charge on any atom is 0.163 e. The quantitative estimate of drug-likeness (QED) is 0.904. The number of hydrogen-bond donors (Lipinski definition) is 1. The lowest BCUT2D eigenvalue weighted by atomic mass is 10.0. The van der Waals surface area contributed by atoms with Gasteiger partial charge in [-0.1, -0.05) is 19.1 Å². The number of morpholine rings is 1. The molecule has 3 unspecified atom stereocenters. The number of halogens is 2. The molecule has 1 aliphatic heterocycles. The molecule has 1 N–H and O–H groups in total. The molecule has 2 rings (SSSR count). The van der Waals surface area contributed by atoms with Crippen LogP contribution in [-0.2, 0) is 4.74 Å². The number of likely N-dealkylation sites (N-methyl/N-ethyl adjacent to an activating group) is 1. The van der Waals surface area contributed by atoms with Crippen LogP contribution in [0.5, 0.6) is 0 Å². The molecule has 21 heavy (non-hydrogen) atoms. The highest BCUT2D eigenvalue weighted by atomic mass is 19.2. The zero-order chi connectivity index (χ0) is 15.4. The third-order valence-electron chi connectivity index (χ3n) is 3.96. The van der Waals surface area contributed by atoms with Crippen LogP contribution < -0.4 is 5.32 Å². The van der Waals surface area contributed by atoms with E-state index in [2.05, 4.69) is 17.1 Å². The van der Waals surface area contributed by atoms with Gasteiger partial charge < -0.3 is 10.1 Å². The van der Waals surface area contributed by atoms with Crippen LogP contribution in [0.25, 0.3) is 0 Å². The van der Waals surface area contributed by atoms with Crippen molar-refractivity contribution in [1.82, 2.24) is 10.2 Å². The molecule has 3 nitrogen and oxygen atoms in total. The molecule has 1 aromatic rings. The molecule has 1 heterocycles. The van der Waals surface area contributed by atoms with Crippen LogP contribution in [0.15, 0.2) is 18.2 Å². The fourth-order valence-electron chi connectivity index (χ4n) is 2.77. The molecule has 0 amide bonds. The van der Waals surface area contributed by atoms with Gasteiger partial charge in [-0.25, -0.2) is 8.78 Å². The molecule has 1 aromatic carbocycles. The lowest BCUT2D eigenvalue weighted by Crippen LogP contribution is -2.50. The number of nitrogens with one attached hydrogen (secondary N) is 1. The molecule has 0 aromatic heterocycles. The van der Waals surface area contributed by atoms with Crippen molar-refractivity contribution in [3.05, 3.63) is 35.4 Å². The zero-order valence-electron chi connectivity index (χ0n) is 12.9. The first-order valence-corrected chi connectivity index (χ1v) is 7.55. The lowest BCUT2D eigenvalue weighted by molar-refractivity contribution is -0.0522. The predicted molar refractivity (Wildman–Crippen MR) is 79.2 cm³/mol. The van der Waals surface area contributed by atoms with Crippen LogP contribution in [0.4, 0.5) is 8.78 Å². The van der Waals surface area contributed by atoms with E-state index in [0.717, 1.165) is 12.6 Å². The van der Waals surface area contributed by atoms with Gasteiger partial charge in [0, 0.05) is 30.7 Å². The number of ether oxygens (including phenoxy) is 1. The summed E-state index contributed by atoms with van der Waals surface area (Å²) in [6.45, 7) is 8.92. The van der Waals surface area contributed by atoms with Crippen LogP contribution in [0, 0.1) is 11.6 Å². The summed E-state index contributed by atoms with van der Waals surface area (Å²) in [5.41, 5.74) is 0.392. The molecule has 0 spiro atoms. The Labute approximate surface area is 125 Å². The van der Waals surface area contributed by atoms with Gasteiger partial charge in [0.25, 0.3) is 0 Å². The van der Waals surface area contributed by atoms with Crippen molar-refractivity contribution in [1.29, 1.82) is 0 Å². The number of benzene rings is 1. The molecule has 0 radical (unpaired) electrons. The van der Waals surface area contributed by atoms with Gasteiger partial charge in [-0.05, 0) is 26.5 Å². The van der Waals surface area contributed by atoms with Crippen LogP contribution in [-0.4, -0.2) is 43.3 Å². The standard InChI is InChI=1S/C16H24F2N2O/c1-4-19-15(13-6-5-7-14(17)16(13)18)9-20-8-12(3)21-10-11(20)2/h5-7,11-12,15,19H,4,8-10H2,1-3H3. The second-order valence-corrected chi connectivity index (χ2v) is 5.70. The normalized spacial score (nSPS) is 25.0. The Morgan fingerprint density at radius 1 is 1.38 bits per heavy atom. The Balaban J connectivity index is 2.16. The summed E-state index contributed by atoms with van der Waals surface area (Å²) in [7, 11) is 0. The van der Waals surface area contributed by atoms with Gasteiger partial charge >= 0.3 is 0 Å². The highest BCUT2D eigenvalue weighted by Crippen LogP contribution is 2.22. The summed E-state index contributed by atoms with van der Waals surface area (Å²) < 4.78 is 33.1. The van der Waals surface area contributed by atoms with Crippen LogP contribution in [0.1, 0.15) is 32.4 Å². The summed E-state index contributed by atoms with van der Waals surface area (Å²) in [5, 5.41) is 3.26. The maximum atomic E-state index is 14.0. The molecule has 3 atom stereocenters. The van der Waals surface area contributed by atoms with E-state index in [1.165, 1.54) is 0 Å². The minimum Gasteiger partial charge on any atom is -0.376 e. The first-order chi connectivity index (χ1) is 10.0. The van der Waals surface area contributed by atoms with Crippen LogP contribution in [0.2, 0.25) is 0 Å². The van der Waals surface area contributed by atoms with E-state index in [1.807, 2.05) is 13.8 Å². The van der Waals surface area contributed by atoms with E-state index in [-0.39, 0.29) is 18.2 Å². The molecular formula is C16H24F2N2O. The van der Waals surface area contributed by atoms with E-state index < -0.39 is 11.6 Å². The van der Waals surface area contributed by atoms with Crippen molar-refractivity contribution in [3.63, 3.8) is 0 Å². The second-order valence-electron chi connectivity index (χ2n) is 5.70. The van der Waals surface area contributed by atoms with Crippen molar-refractivity contribution in [2.45, 2.75) is 39.0 Å². The summed E-state index contributed by atoms with van der Waals surface area (Å²) in [6.07, 6.45) is 0.167. The van der Waals surface area contributed by atoms with Gasteiger partial charge in [0.2, 0.25) is 0 Å². The topological polar surface area (TPSA) is 24.5 Å². The van der Waals surface area contributed by atoms with Crippen LogP contribution >= 0.6 is 0 Å². The predicted octanol–water partition coefficient (Wildman–Crippen LogP) is 2.72. The zero-order valence-corrected chi connectivity index (χ0v) is 12.9. The average Bonchev–Trinajstić information content (AvgIpc) is 2.45. The van der Waals surface area contributed by atoms with Crippen LogP contribution in [0.3, 0.4) is 0 Å². The Kier molecular flexibility index (Phi) is 5.67. The van der Waals surface area contributed by atoms with Gasteiger partial charge in [0.1, 0.15) is 0 Å². The van der Waals surface area contributed by atoms with E-state index in [9.17, 15) is 8.78 Å². The number of nitrogens with zero attached hydrogens (tertiary/aromatic N) is 1. The van der Waals surface area contributed by atoms with Crippen molar-refractivity contribution in [3.8, 4) is 0 Å². The van der Waals surface area contributed by atoms with Gasteiger partial charge in [-0.15, -0.1) is 0 Å². The lowest BCUT2D eigenvalue weighted by Gasteiger charge is -2.39. The summed E-state index contributed by atoms with van der Waals surface area (Å²) in [4.78, 5) is 2.27. The van der Waals surface area contributed by atoms with Gasteiger partial charge in [0.15, 0.2) is 11.6 Å². The second kappa shape index (κ2) is 7.29. The molecule has 5 heteroatoms. The SMILES string of the molecule is CCNC(CN1CC(C)OCC1C)c1cccc(F)c1F. The van der Waals surface area contributed by atoms with Crippen molar-refractivity contribution < 1.29 is 13.5 Å². The molecule has 0 aliphatic carbocycles. The van der Waals surface area contributed by atoms with E-state index >= 15 is 0 Å². The highest BCUT2D eigenvalue weighted by Gasteiger charge is 2.27. The Hall–Kier alpha value is -1.04. The number of rotatable bonds is 5. The van der Waals surface area contributed by atoms with E-state index in [1.54, 1.807) is 12.1 Å². The minimum atomic E-state index is -0.793. The van der Waals surface area contributed by atoms with Crippen molar-refractivity contribution in [2.75, 3.05) is 26.2 Å². The molecule has 1 aliphatic rings. The fourth-order valence-corrected chi connectivity index (χ4v) is 2.77. The molecular weight excluding hydrogens is 274 g/mol. The summed E-state index contributed by atoms with van der Waals surface area (Å²) in [5.74, 6) is -1.55. The summed E-state index contributed by atoms with van der Waals surface area (Å²) >= 11 is 0. The third-order valence-corrected chi connectivity index (χ3v) is 3.96. The highest BCUT2D eigenvalue weighted by molar-refractivity contribution is 5.23. The molecule has 1 fully saturated rings. The van der Waals surface area contributed by atoms with Gasteiger partial charge in [-0.3, -0.25) is 4.90 Å². The van der Waals surface area contributed by atoms with Crippen molar-refractivity contribution in [2.24, 2.45) is 0 Å². The molecule has 0 saturated carbocycles. The molecule has 1 saturated heterocycles. The van der Waals surface area contributed by atoms with E-state index in [4.69, 9.17) is 4.74 Å². The first kappa shape index (κ1) is 16.3. The Morgan fingerprint density at radius 2 is 2.14 bits per heavy atom. The maximum absolute atomic E-state index is 14.0. The smallest absolute Gasteiger partial charge is 0.163 e. The third kappa shape index (κ3) is 3.99. The van der Waals surface area contributed by atoms with Gasteiger partial charge in [0.05, 0.1) is 12.7 Å². The minimum absolute atomic E-state index is 0.167. The first-order valence-electron chi connectivity index (χ1n) is 7.55. The Morgan fingerprint density at radius 3 is 2.86 bits per heavy atom. The Bertz CT molecular complexity index is 470. The average molecular weight is 298 g/mol. The van der Waals surface area contributed by atoms with E-state index in [0.29, 0.717) is 25.3 Å². The fraction of sp³-hybridized carbons (Fsp3) is 0.625. The van der Waals surface area contributed by atoms with Gasteiger partial charge in [-0.2, -0.15) is 0 Å². The van der Waals surface area contributed by atoms with Crippen molar-refractivity contribution >= 4 is 0 Å². The summed E-state index contributed by atoms with van der Waals surface area (Å²) in [6, 6.07) is 4.42. The molecule has 118 valence electrons. The number of hydrogen-bond acceptors (Lipinski definition) is 3. The molecule has 0 bridgehead atoms. The monoisotopic (exact) mass is 298 g/mol. The largest absolute Gasteiger partial charge is 0.376 e.